The number of nitro groups is 1. The maximum Gasteiger partial charge on any atom is 0.332 e. The molecule has 0 aromatic heterocycles. The smallest absolute Gasteiger partial charge is 0.285 e. The van der Waals surface area contributed by atoms with Crippen molar-refractivity contribution in [3.8, 4) is 0 Å². The zero-order valence-corrected chi connectivity index (χ0v) is 12.4. The van der Waals surface area contributed by atoms with Crippen LogP contribution in [0.4, 0.5) is 20.6 Å². The van der Waals surface area contributed by atoms with Crippen molar-refractivity contribution >= 4 is 23.3 Å². The molecule has 0 spiro atoms. The van der Waals surface area contributed by atoms with E-state index >= 15 is 0 Å². The lowest BCUT2D eigenvalue weighted by molar-refractivity contribution is -0.387. The molecule has 3 amide bonds. The minimum atomic E-state index is -1.00. The summed E-state index contributed by atoms with van der Waals surface area (Å²) in [5.74, 6) is -1.42. The summed E-state index contributed by atoms with van der Waals surface area (Å²) in [5, 5.41) is 10.6. The Labute approximate surface area is 136 Å². The van der Waals surface area contributed by atoms with E-state index in [0.29, 0.717) is 11.3 Å². The Morgan fingerprint density at radius 2 is 1.83 bits per heavy atom. The molecule has 0 N–H and O–H groups in total. The third-order valence-corrected chi connectivity index (χ3v) is 3.67. The van der Waals surface area contributed by atoms with Gasteiger partial charge in [-0.05, 0) is 23.8 Å². The number of rotatable bonds is 4. The second-order valence-corrected chi connectivity index (χ2v) is 5.23. The zero-order valence-electron chi connectivity index (χ0n) is 12.4. The third-order valence-electron chi connectivity index (χ3n) is 3.67. The molecule has 0 radical (unpaired) electrons. The van der Waals surface area contributed by atoms with Gasteiger partial charge in [0.1, 0.15) is 6.54 Å². The molecule has 122 valence electrons. The Morgan fingerprint density at radius 3 is 2.46 bits per heavy atom. The Balaban J connectivity index is 1.81. The van der Waals surface area contributed by atoms with Crippen molar-refractivity contribution in [1.29, 1.82) is 0 Å². The molecule has 1 heterocycles. The van der Waals surface area contributed by atoms with Crippen LogP contribution < -0.4 is 4.90 Å². The number of hydrogen-bond donors (Lipinski definition) is 0. The van der Waals surface area contributed by atoms with Gasteiger partial charge >= 0.3 is 11.7 Å². The molecule has 1 aliphatic rings. The molecule has 2 aromatic carbocycles. The number of urea groups is 1. The number of para-hydroxylation sites is 1. The van der Waals surface area contributed by atoms with Crippen molar-refractivity contribution in [1.82, 2.24) is 4.90 Å². The third kappa shape index (κ3) is 2.81. The highest BCUT2D eigenvalue weighted by molar-refractivity contribution is 6.12. The molecule has 3 rings (SSSR count). The van der Waals surface area contributed by atoms with Crippen molar-refractivity contribution < 1.29 is 18.9 Å². The Morgan fingerprint density at radius 1 is 1.12 bits per heavy atom. The van der Waals surface area contributed by atoms with Crippen molar-refractivity contribution in [2.45, 2.75) is 6.54 Å². The van der Waals surface area contributed by atoms with Crippen molar-refractivity contribution in [2.75, 3.05) is 11.4 Å². The second kappa shape index (κ2) is 6.07. The van der Waals surface area contributed by atoms with Crippen LogP contribution in [0.2, 0.25) is 0 Å². The van der Waals surface area contributed by atoms with Crippen LogP contribution in [0.1, 0.15) is 5.56 Å². The Hall–Kier alpha value is -3.29. The maximum absolute atomic E-state index is 13.7. The highest BCUT2D eigenvalue weighted by atomic mass is 19.1. The maximum atomic E-state index is 13.7. The second-order valence-electron chi connectivity index (χ2n) is 5.23. The number of anilines is 1. The molecule has 0 atom stereocenters. The molecule has 0 unspecified atom stereocenters. The lowest BCUT2D eigenvalue weighted by atomic mass is 10.2. The summed E-state index contributed by atoms with van der Waals surface area (Å²) < 4.78 is 13.7. The number of halogens is 1. The average Bonchev–Trinajstić information content (AvgIpc) is 2.83. The molecular weight excluding hydrogens is 317 g/mol. The predicted molar refractivity (Wildman–Crippen MR) is 82.8 cm³/mol. The Kier molecular flexibility index (Phi) is 3.95. The van der Waals surface area contributed by atoms with E-state index in [1.54, 1.807) is 30.3 Å². The van der Waals surface area contributed by atoms with Crippen LogP contribution in [0.3, 0.4) is 0 Å². The largest absolute Gasteiger partial charge is 0.332 e. The van der Waals surface area contributed by atoms with Gasteiger partial charge in [-0.1, -0.05) is 24.3 Å². The van der Waals surface area contributed by atoms with Crippen LogP contribution in [-0.2, 0) is 11.3 Å². The summed E-state index contributed by atoms with van der Waals surface area (Å²) >= 11 is 0. The molecule has 1 saturated heterocycles. The van der Waals surface area contributed by atoms with Gasteiger partial charge in [-0.3, -0.25) is 24.7 Å². The lowest BCUT2D eigenvalue weighted by Gasteiger charge is -2.17. The van der Waals surface area contributed by atoms with E-state index in [9.17, 15) is 24.1 Å². The zero-order chi connectivity index (χ0) is 17.3. The molecule has 8 heteroatoms. The normalized spacial score (nSPS) is 14.4. The van der Waals surface area contributed by atoms with Gasteiger partial charge < -0.3 is 0 Å². The topological polar surface area (TPSA) is 83.8 Å². The average molecular weight is 329 g/mol. The number of carbonyl (C=O) groups is 2. The number of nitro benzene ring substituents is 1. The minimum Gasteiger partial charge on any atom is -0.285 e. The summed E-state index contributed by atoms with van der Waals surface area (Å²) in [5.41, 5.74) is 0.242. The van der Waals surface area contributed by atoms with Gasteiger partial charge in [0.2, 0.25) is 5.82 Å². The highest BCUT2D eigenvalue weighted by Gasteiger charge is 2.36. The van der Waals surface area contributed by atoms with Crippen molar-refractivity contribution in [3.63, 3.8) is 0 Å². The molecule has 0 bridgehead atoms. The predicted octanol–water partition coefficient (Wildman–Crippen LogP) is 2.70. The number of carbonyl (C=O) groups excluding carboxylic acids is 2. The van der Waals surface area contributed by atoms with Gasteiger partial charge in [0.25, 0.3) is 5.91 Å². The summed E-state index contributed by atoms with van der Waals surface area (Å²) in [6.45, 7) is -0.242. The molecule has 1 aliphatic heterocycles. The minimum absolute atomic E-state index is 0.0989. The van der Waals surface area contributed by atoms with E-state index in [1.807, 2.05) is 0 Å². The van der Waals surface area contributed by atoms with Gasteiger partial charge in [-0.2, -0.15) is 4.39 Å². The van der Waals surface area contributed by atoms with Crippen LogP contribution in [0.5, 0.6) is 0 Å². The van der Waals surface area contributed by atoms with E-state index < -0.39 is 28.4 Å². The van der Waals surface area contributed by atoms with Crippen molar-refractivity contribution in [2.24, 2.45) is 0 Å². The molecule has 0 saturated carbocycles. The van der Waals surface area contributed by atoms with Crippen LogP contribution in [0, 0.1) is 15.9 Å². The van der Waals surface area contributed by atoms with E-state index in [2.05, 4.69) is 0 Å². The summed E-state index contributed by atoms with van der Waals surface area (Å²) in [6.07, 6.45) is 0. The quantitative estimate of drug-likeness (QED) is 0.490. The van der Waals surface area contributed by atoms with E-state index in [1.165, 1.54) is 11.0 Å². The molecule has 2 aromatic rings. The number of hydrogen-bond acceptors (Lipinski definition) is 4. The fourth-order valence-corrected chi connectivity index (χ4v) is 2.49. The first-order valence-electron chi connectivity index (χ1n) is 7.07. The van der Waals surface area contributed by atoms with Crippen LogP contribution in [0.15, 0.2) is 48.5 Å². The molecule has 0 aliphatic carbocycles. The van der Waals surface area contributed by atoms with E-state index in [-0.39, 0.29) is 13.1 Å². The first-order valence-corrected chi connectivity index (χ1v) is 7.07. The SMILES string of the molecule is O=C1CN(c2ccccc2)C(=O)N1Cc1ccc([N+](=O)[O-])c(F)c1. The lowest BCUT2D eigenvalue weighted by Crippen LogP contribution is -2.32. The summed E-state index contributed by atoms with van der Waals surface area (Å²) in [4.78, 5) is 36.6. The molecular formula is C16H12FN3O4. The first-order chi connectivity index (χ1) is 11.5. The van der Waals surface area contributed by atoms with E-state index in [0.717, 1.165) is 17.0 Å². The standard InChI is InChI=1S/C16H12FN3O4/c17-13-8-11(6-7-14(13)20(23)24)9-19-15(21)10-18(16(19)22)12-4-2-1-3-5-12/h1-8H,9-10H2. The number of amides is 3. The highest BCUT2D eigenvalue weighted by Crippen LogP contribution is 2.24. The van der Waals surface area contributed by atoms with Gasteiger partial charge in [0, 0.05) is 11.8 Å². The molecule has 1 fully saturated rings. The van der Waals surface area contributed by atoms with Crippen molar-refractivity contribution in [3.05, 3.63) is 70.0 Å². The van der Waals surface area contributed by atoms with Crippen LogP contribution in [0.25, 0.3) is 0 Å². The number of benzene rings is 2. The fraction of sp³-hybridized carbons (Fsp3) is 0.125. The van der Waals surface area contributed by atoms with Gasteiger partial charge in [-0.15, -0.1) is 0 Å². The van der Waals surface area contributed by atoms with E-state index in [4.69, 9.17) is 0 Å². The molecule has 24 heavy (non-hydrogen) atoms. The first kappa shape index (κ1) is 15.6. The van der Waals surface area contributed by atoms with Gasteiger partial charge in [0.05, 0.1) is 11.5 Å². The Bertz CT molecular complexity index is 825. The number of nitrogens with zero attached hydrogens (tertiary/aromatic N) is 3. The van der Waals surface area contributed by atoms with Crippen LogP contribution >= 0.6 is 0 Å². The summed E-state index contributed by atoms with van der Waals surface area (Å²) in [6, 6.07) is 11.5. The van der Waals surface area contributed by atoms with Crippen LogP contribution in [-0.4, -0.2) is 28.3 Å². The molecule has 7 nitrogen and oxygen atoms in total. The number of imide groups is 1. The fourth-order valence-electron chi connectivity index (χ4n) is 2.49. The van der Waals surface area contributed by atoms with Gasteiger partial charge in [-0.25, -0.2) is 4.79 Å². The monoisotopic (exact) mass is 329 g/mol. The van der Waals surface area contributed by atoms with Gasteiger partial charge in [0.15, 0.2) is 0 Å². The summed E-state index contributed by atoms with van der Waals surface area (Å²) in [7, 11) is 0.